The summed E-state index contributed by atoms with van der Waals surface area (Å²) >= 11 is 0. The molecule has 0 radical (unpaired) electrons. The minimum atomic E-state index is -0.315. The zero-order valence-electron chi connectivity index (χ0n) is 15.0. The molecular weight excluding hydrogens is 330 g/mol. The number of rotatable bonds is 3. The lowest BCUT2D eigenvalue weighted by molar-refractivity contribution is 0.0770. The molecular formula is C20H23N3O3. The van der Waals surface area contributed by atoms with Gasteiger partial charge in [0.15, 0.2) is 0 Å². The smallest absolute Gasteiger partial charge is 0.259 e. The van der Waals surface area contributed by atoms with Crippen LogP contribution in [0.5, 0.6) is 0 Å². The van der Waals surface area contributed by atoms with E-state index in [9.17, 15) is 9.59 Å². The van der Waals surface area contributed by atoms with Crippen molar-refractivity contribution in [2.75, 3.05) is 36.9 Å². The van der Waals surface area contributed by atoms with Crippen LogP contribution in [0.15, 0.2) is 34.9 Å². The van der Waals surface area contributed by atoms with Crippen LogP contribution in [-0.2, 0) is 6.42 Å². The molecule has 0 aliphatic carbocycles. The van der Waals surface area contributed by atoms with Crippen LogP contribution >= 0.6 is 0 Å². The fourth-order valence-electron chi connectivity index (χ4n) is 3.65. The van der Waals surface area contributed by atoms with Crippen LogP contribution in [0.4, 0.5) is 11.4 Å². The normalized spacial score (nSPS) is 17.2. The van der Waals surface area contributed by atoms with Gasteiger partial charge in [0.2, 0.25) is 0 Å². The van der Waals surface area contributed by atoms with Crippen LogP contribution in [0.1, 0.15) is 45.7 Å². The van der Waals surface area contributed by atoms with Crippen LogP contribution in [0.3, 0.4) is 0 Å². The molecule has 1 saturated heterocycles. The van der Waals surface area contributed by atoms with Crippen molar-refractivity contribution in [2.45, 2.75) is 25.7 Å². The SMILES string of the molecule is CN1CCc2occ(C(=O)Nc3ccc(N4CCCCC4)cc3)c2C1=O. The van der Waals surface area contributed by atoms with Gasteiger partial charge >= 0.3 is 0 Å². The van der Waals surface area contributed by atoms with Gasteiger partial charge in [0.05, 0.1) is 11.1 Å². The van der Waals surface area contributed by atoms with E-state index in [1.807, 2.05) is 24.3 Å². The fourth-order valence-corrected chi connectivity index (χ4v) is 3.65. The summed E-state index contributed by atoms with van der Waals surface area (Å²) in [6, 6.07) is 7.88. The second kappa shape index (κ2) is 6.86. The van der Waals surface area contributed by atoms with E-state index in [-0.39, 0.29) is 11.8 Å². The molecule has 0 spiro atoms. The maximum Gasteiger partial charge on any atom is 0.259 e. The Morgan fingerprint density at radius 1 is 1.08 bits per heavy atom. The summed E-state index contributed by atoms with van der Waals surface area (Å²) in [6.45, 7) is 2.78. The third-order valence-corrected chi connectivity index (χ3v) is 5.19. The third kappa shape index (κ3) is 3.07. The van der Waals surface area contributed by atoms with Crippen molar-refractivity contribution in [2.24, 2.45) is 0 Å². The van der Waals surface area contributed by atoms with Gasteiger partial charge < -0.3 is 19.5 Å². The standard InChI is InChI=1S/C20H23N3O3/c1-22-12-9-17-18(20(22)25)16(13-26-17)19(24)21-14-5-7-15(8-6-14)23-10-3-2-4-11-23/h5-8,13H,2-4,9-12H2,1H3,(H,21,24). The number of carbonyl (C=O) groups is 2. The summed E-state index contributed by atoms with van der Waals surface area (Å²) in [4.78, 5) is 29.0. The van der Waals surface area contributed by atoms with Crippen molar-refractivity contribution in [1.29, 1.82) is 0 Å². The Bertz CT molecular complexity index is 819. The summed E-state index contributed by atoms with van der Waals surface area (Å²) in [5.41, 5.74) is 2.58. The maximum atomic E-state index is 12.6. The van der Waals surface area contributed by atoms with Gasteiger partial charge in [-0.15, -0.1) is 0 Å². The average Bonchev–Trinajstić information content (AvgIpc) is 3.11. The Balaban J connectivity index is 1.49. The number of piperidine rings is 1. The Morgan fingerprint density at radius 3 is 2.54 bits per heavy atom. The first-order chi connectivity index (χ1) is 12.6. The lowest BCUT2D eigenvalue weighted by atomic mass is 10.0. The topological polar surface area (TPSA) is 65.8 Å². The van der Waals surface area contributed by atoms with Gasteiger partial charge in [-0.2, -0.15) is 0 Å². The van der Waals surface area contributed by atoms with Crippen molar-refractivity contribution < 1.29 is 14.0 Å². The number of carbonyl (C=O) groups excluding carboxylic acids is 2. The number of benzene rings is 1. The molecule has 0 atom stereocenters. The second-order valence-corrected chi connectivity index (χ2v) is 6.97. The predicted molar refractivity (Wildman–Crippen MR) is 99.8 cm³/mol. The number of nitrogens with one attached hydrogen (secondary N) is 1. The van der Waals surface area contributed by atoms with Gasteiger partial charge in [0.1, 0.15) is 12.0 Å². The van der Waals surface area contributed by atoms with Gasteiger partial charge in [-0.3, -0.25) is 9.59 Å². The van der Waals surface area contributed by atoms with Gasteiger partial charge in [0, 0.05) is 44.5 Å². The number of amides is 2. The second-order valence-electron chi connectivity index (χ2n) is 6.97. The van der Waals surface area contributed by atoms with Gasteiger partial charge in [-0.05, 0) is 43.5 Å². The molecule has 1 fully saturated rings. The molecule has 2 aliphatic rings. The highest BCUT2D eigenvalue weighted by molar-refractivity contribution is 6.12. The van der Waals surface area contributed by atoms with E-state index in [4.69, 9.17) is 4.42 Å². The maximum absolute atomic E-state index is 12.6. The summed E-state index contributed by atoms with van der Waals surface area (Å²) in [5.74, 6) is 0.119. The lowest BCUT2D eigenvalue weighted by Crippen LogP contribution is -2.34. The lowest BCUT2D eigenvalue weighted by Gasteiger charge is -2.28. The molecule has 6 heteroatoms. The molecule has 136 valence electrons. The van der Waals surface area contributed by atoms with E-state index < -0.39 is 0 Å². The van der Waals surface area contributed by atoms with Gasteiger partial charge in [-0.1, -0.05) is 0 Å². The van der Waals surface area contributed by atoms with E-state index in [1.54, 1.807) is 11.9 Å². The Morgan fingerprint density at radius 2 is 1.81 bits per heavy atom. The highest BCUT2D eigenvalue weighted by Gasteiger charge is 2.30. The molecule has 6 nitrogen and oxygen atoms in total. The molecule has 2 aliphatic heterocycles. The van der Waals surface area contributed by atoms with E-state index in [1.165, 1.54) is 31.2 Å². The molecule has 4 rings (SSSR count). The van der Waals surface area contributed by atoms with E-state index in [0.29, 0.717) is 35.5 Å². The summed E-state index contributed by atoms with van der Waals surface area (Å²) < 4.78 is 5.45. The van der Waals surface area contributed by atoms with Crippen LogP contribution in [-0.4, -0.2) is 43.4 Å². The highest BCUT2D eigenvalue weighted by Crippen LogP contribution is 2.26. The van der Waals surface area contributed by atoms with Crippen LogP contribution in [0, 0.1) is 0 Å². The molecule has 1 aromatic heterocycles. The summed E-state index contributed by atoms with van der Waals surface area (Å²) in [7, 11) is 1.74. The quantitative estimate of drug-likeness (QED) is 0.921. The molecule has 0 saturated carbocycles. The first kappa shape index (κ1) is 16.7. The zero-order valence-corrected chi connectivity index (χ0v) is 15.0. The number of furan rings is 1. The fraction of sp³-hybridized carbons (Fsp3) is 0.400. The predicted octanol–water partition coefficient (Wildman–Crippen LogP) is 3.15. The highest BCUT2D eigenvalue weighted by atomic mass is 16.3. The molecule has 0 bridgehead atoms. The van der Waals surface area contributed by atoms with E-state index in [0.717, 1.165) is 13.1 Å². The first-order valence-corrected chi connectivity index (χ1v) is 9.15. The molecule has 0 unspecified atom stereocenters. The summed E-state index contributed by atoms with van der Waals surface area (Å²) in [5, 5.41) is 2.87. The Hall–Kier alpha value is -2.76. The molecule has 2 amide bonds. The average molecular weight is 353 g/mol. The monoisotopic (exact) mass is 353 g/mol. The van der Waals surface area contributed by atoms with Crippen LogP contribution in [0.2, 0.25) is 0 Å². The Kier molecular flexibility index (Phi) is 4.41. The molecule has 26 heavy (non-hydrogen) atoms. The summed E-state index contributed by atoms with van der Waals surface area (Å²) in [6.07, 6.45) is 5.78. The minimum Gasteiger partial charge on any atom is -0.468 e. The zero-order chi connectivity index (χ0) is 18.1. The largest absolute Gasteiger partial charge is 0.468 e. The third-order valence-electron chi connectivity index (χ3n) is 5.19. The molecule has 3 heterocycles. The number of nitrogens with zero attached hydrogens (tertiary/aromatic N) is 2. The van der Waals surface area contributed by atoms with Gasteiger partial charge in [0.25, 0.3) is 11.8 Å². The van der Waals surface area contributed by atoms with Crippen molar-refractivity contribution in [3.63, 3.8) is 0 Å². The van der Waals surface area contributed by atoms with Crippen molar-refractivity contribution in [3.05, 3.63) is 47.4 Å². The number of hydrogen-bond acceptors (Lipinski definition) is 4. The molecule has 1 N–H and O–H groups in total. The van der Waals surface area contributed by atoms with Crippen LogP contribution in [0.25, 0.3) is 0 Å². The number of fused-ring (bicyclic) bond motifs is 1. The first-order valence-electron chi connectivity index (χ1n) is 9.15. The van der Waals surface area contributed by atoms with E-state index >= 15 is 0 Å². The number of anilines is 2. The van der Waals surface area contributed by atoms with Crippen molar-refractivity contribution in [1.82, 2.24) is 4.90 Å². The van der Waals surface area contributed by atoms with Crippen LogP contribution < -0.4 is 10.2 Å². The molecule has 2 aromatic rings. The Labute approximate surface area is 152 Å². The number of likely N-dealkylation sites (N-methyl/N-ethyl adjacent to an activating group) is 1. The van der Waals surface area contributed by atoms with Crippen molar-refractivity contribution >= 4 is 23.2 Å². The minimum absolute atomic E-state index is 0.161. The van der Waals surface area contributed by atoms with E-state index in [2.05, 4.69) is 10.2 Å². The van der Waals surface area contributed by atoms with Gasteiger partial charge in [-0.25, -0.2) is 0 Å². The number of hydrogen-bond donors (Lipinski definition) is 1. The molecule has 1 aromatic carbocycles. The van der Waals surface area contributed by atoms with Crippen molar-refractivity contribution in [3.8, 4) is 0 Å².